The summed E-state index contributed by atoms with van der Waals surface area (Å²) in [5, 5.41) is 7.52. The number of nitrogens with zero attached hydrogens (tertiary/aromatic N) is 3. The Kier molecular flexibility index (Phi) is 4.76. The van der Waals surface area contributed by atoms with E-state index in [0.29, 0.717) is 23.8 Å². The molecule has 2 aromatic rings. The van der Waals surface area contributed by atoms with E-state index in [1.54, 1.807) is 29.1 Å². The van der Waals surface area contributed by atoms with Gasteiger partial charge in [0.2, 0.25) is 5.91 Å². The van der Waals surface area contributed by atoms with Gasteiger partial charge in [0.15, 0.2) is 0 Å². The molecule has 0 bridgehead atoms. The minimum Gasteiger partial charge on any atom is -0.325 e. The molecule has 2 rings (SSSR count). The SMILES string of the molecule is CN(CC(=O)Nc1cccc(Cl)c1)Cc1cnn(C)c1. The van der Waals surface area contributed by atoms with Crippen LogP contribution in [0.2, 0.25) is 5.02 Å². The Morgan fingerprint density at radius 2 is 2.30 bits per heavy atom. The number of likely N-dealkylation sites (N-methyl/N-ethyl adjacent to an activating group) is 1. The zero-order chi connectivity index (χ0) is 14.5. The van der Waals surface area contributed by atoms with Gasteiger partial charge in [-0.15, -0.1) is 0 Å². The van der Waals surface area contributed by atoms with Crippen molar-refractivity contribution in [3.63, 3.8) is 0 Å². The third kappa shape index (κ3) is 4.36. The van der Waals surface area contributed by atoms with Gasteiger partial charge < -0.3 is 5.32 Å². The van der Waals surface area contributed by atoms with E-state index < -0.39 is 0 Å². The molecule has 6 heteroatoms. The topological polar surface area (TPSA) is 50.2 Å². The molecule has 1 aromatic carbocycles. The van der Waals surface area contributed by atoms with Crippen LogP contribution in [-0.4, -0.2) is 34.2 Å². The number of aryl methyl sites for hydroxylation is 1. The first kappa shape index (κ1) is 14.6. The maximum atomic E-state index is 11.9. The van der Waals surface area contributed by atoms with Crippen LogP contribution in [0.3, 0.4) is 0 Å². The van der Waals surface area contributed by atoms with Gasteiger partial charge in [-0.25, -0.2) is 0 Å². The predicted octanol–water partition coefficient (Wildman–Crippen LogP) is 2.14. The zero-order valence-corrected chi connectivity index (χ0v) is 12.3. The van der Waals surface area contributed by atoms with Crippen molar-refractivity contribution in [2.75, 3.05) is 18.9 Å². The van der Waals surface area contributed by atoms with E-state index >= 15 is 0 Å². The molecule has 0 unspecified atom stereocenters. The maximum Gasteiger partial charge on any atom is 0.238 e. The van der Waals surface area contributed by atoms with Gasteiger partial charge in [0.25, 0.3) is 0 Å². The summed E-state index contributed by atoms with van der Waals surface area (Å²) in [6, 6.07) is 7.11. The van der Waals surface area contributed by atoms with Gasteiger partial charge in [-0.3, -0.25) is 14.4 Å². The fourth-order valence-corrected chi connectivity index (χ4v) is 2.12. The number of hydrogen-bond donors (Lipinski definition) is 1. The number of carbonyl (C=O) groups excluding carboxylic acids is 1. The second-order valence-corrected chi connectivity index (χ2v) is 5.19. The molecule has 0 aliphatic heterocycles. The van der Waals surface area contributed by atoms with Crippen LogP contribution >= 0.6 is 11.6 Å². The summed E-state index contributed by atoms with van der Waals surface area (Å²) in [6.45, 7) is 0.984. The first-order valence-electron chi connectivity index (χ1n) is 6.24. The van der Waals surface area contributed by atoms with Gasteiger partial charge in [0.05, 0.1) is 12.7 Å². The summed E-state index contributed by atoms with van der Waals surface area (Å²) >= 11 is 5.87. The second-order valence-electron chi connectivity index (χ2n) is 4.75. The van der Waals surface area contributed by atoms with Crippen LogP contribution in [0.4, 0.5) is 5.69 Å². The van der Waals surface area contributed by atoms with Gasteiger partial charge in [-0.2, -0.15) is 5.10 Å². The molecule has 1 N–H and O–H groups in total. The number of rotatable bonds is 5. The lowest BCUT2D eigenvalue weighted by molar-refractivity contribution is -0.117. The number of halogens is 1. The van der Waals surface area contributed by atoms with Crippen LogP contribution in [0.15, 0.2) is 36.7 Å². The van der Waals surface area contributed by atoms with Gasteiger partial charge in [-0.05, 0) is 25.2 Å². The Morgan fingerprint density at radius 3 is 2.95 bits per heavy atom. The quantitative estimate of drug-likeness (QED) is 0.918. The first-order chi connectivity index (χ1) is 9.52. The van der Waals surface area contributed by atoms with Gasteiger partial charge >= 0.3 is 0 Å². The highest BCUT2D eigenvalue weighted by Crippen LogP contribution is 2.14. The Labute approximate surface area is 123 Å². The van der Waals surface area contributed by atoms with E-state index in [2.05, 4.69) is 10.4 Å². The number of amides is 1. The fraction of sp³-hybridized carbons (Fsp3) is 0.286. The standard InChI is InChI=1S/C14H17ClN4O/c1-18(8-11-7-16-19(2)9-11)10-14(20)17-13-5-3-4-12(15)6-13/h3-7,9H,8,10H2,1-2H3,(H,17,20). The lowest BCUT2D eigenvalue weighted by atomic mass is 10.3. The van der Waals surface area contributed by atoms with Crippen LogP contribution in [0.1, 0.15) is 5.56 Å². The van der Waals surface area contributed by atoms with Crippen molar-refractivity contribution in [1.29, 1.82) is 0 Å². The van der Waals surface area contributed by atoms with Crippen molar-refractivity contribution in [2.45, 2.75) is 6.54 Å². The van der Waals surface area contributed by atoms with E-state index in [4.69, 9.17) is 11.6 Å². The first-order valence-corrected chi connectivity index (χ1v) is 6.62. The van der Waals surface area contributed by atoms with E-state index in [-0.39, 0.29) is 5.91 Å². The molecule has 0 saturated carbocycles. The number of anilines is 1. The molecule has 1 aromatic heterocycles. The highest BCUT2D eigenvalue weighted by molar-refractivity contribution is 6.30. The molecule has 1 amide bonds. The van der Waals surface area contributed by atoms with Crippen LogP contribution < -0.4 is 5.32 Å². The minimum absolute atomic E-state index is 0.0707. The minimum atomic E-state index is -0.0707. The van der Waals surface area contributed by atoms with Crippen molar-refractivity contribution >= 4 is 23.2 Å². The monoisotopic (exact) mass is 292 g/mol. The summed E-state index contributed by atoms with van der Waals surface area (Å²) in [7, 11) is 3.76. The summed E-state index contributed by atoms with van der Waals surface area (Å²) in [5.74, 6) is -0.0707. The van der Waals surface area contributed by atoms with E-state index in [1.165, 1.54) is 0 Å². The third-order valence-electron chi connectivity index (χ3n) is 2.73. The normalized spacial score (nSPS) is 10.8. The van der Waals surface area contributed by atoms with Gasteiger partial charge in [-0.1, -0.05) is 17.7 Å². The summed E-state index contributed by atoms with van der Waals surface area (Å²) < 4.78 is 1.75. The van der Waals surface area contributed by atoms with E-state index in [1.807, 2.05) is 31.3 Å². The zero-order valence-electron chi connectivity index (χ0n) is 11.5. The number of carbonyl (C=O) groups is 1. The van der Waals surface area contributed by atoms with Crippen molar-refractivity contribution in [2.24, 2.45) is 7.05 Å². The Bertz CT molecular complexity index is 596. The van der Waals surface area contributed by atoms with E-state index in [0.717, 1.165) is 5.56 Å². The molecule has 0 atom stereocenters. The van der Waals surface area contributed by atoms with Crippen LogP contribution in [0.25, 0.3) is 0 Å². The molecule has 0 fully saturated rings. The average Bonchev–Trinajstić information content (AvgIpc) is 2.74. The second kappa shape index (κ2) is 6.54. The average molecular weight is 293 g/mol. The fourth-order valence-electron chi connectivity index (χ4n) is 1.93. The van der Waals surface area contributed by atoms with Gasteiger partial charge in [0.1, 0.15) is 0 Å². The Balaban J connectivity index is 1.84. The van der Waals surface area contributed by atoms with Crippen LogP contribution in [-0.2, 0) is 18.4 Å². The molecule has 1 heterocycles. The summed E-state index contributed by atoms with van der Waals surface area (Å²) in [6.07, 6.45) is 3.73. The lowest BCUT2D eigenvalue weighted by Gasteiger charge is -2.15. The maximum absolute atomic E-state index is 11.9. The molecule has 0 spiro atoms. The molecule has 5 nitrogen and oxygen atoms in total. The van der Waals surface area contributed by atoms with Crippen molar-refractivity contribution in [3.05, 3.63) is 47.2 Å². The van der Waals surface area contributed by atoms with E-state index in [9.17, 15) is 4.79 Å². The molecule has 0 saturated heterocycles. The predicted molar refractivity (Wildman–Crippen MR) is 79.6 cm³/mol. The summed E-state index contributed by atoms with van der Waals surface area (Å²) in [4.78, 5) is 13.8. The molecule has 0 radical (unpaired) electrons. The number of benzene rings is 1. The number of hydrogen-bond acceptors (Lipinski definition) is 3. The highest BCUT2D eigenvalue weighted by atomic mass is 35.5. The Hall–Kier alpha value is -1.85. The molecule has 106 valence electrons. The van der Waals surface area contributed by atoms with Crippen molar-refractivity contribution in [1.82, 2.24) is 14.7 Å². The van der Waals surface area contributed by atoms with Gasteiger partial charge in [0, 0.05) is 36.1 Å². The lowest BCUT2D eigenvalue weighted by Crippen LogP contribution is -2.29. The molecular weight excluding hydrogens is 276 g/mol. The largest absolute Gasteiger partial charge is 0.325 e. The summed E-state index contributed by atoms with van der Waals surface area (Å²) in [5.41, 5.74) is 1.78. The highest BCUT2D eigenvalue weighted by Gasteiger charge is 2.08. The third-order valence-corrected chi connectivity index (χ3v) is 2.97. The van der Waals surface area contributed by atoms with Crippen molar-refractivity contribution < 1.29 is 4.79 Å². The van der Waals surface area contributed by atoms with Crippen LogP contribution in [0, 0.1) is 0 Å². The Morgan fingerprint density at radius 1 is 1.50 bits per heavy atom. The number of aromatic nitrogens is 2. The molecule has 0 aliphatic rings. The molecule has 20 heavy (non-hydrogen) atoms. The van der Waals surface area contributed by atoms with Crippen LogP contribution in [0.5, 0.6) is 0 Å². The van der Waals surface area contributed by atoms with Crippen molar-refractivity contribution in [3.8, 4) is 0 Å². The molecular formula is C14H17ClN4O. The molecule has 0 aliphatic carbocycles. The number of nitrogens with one attached hydrogen (secondary N) is 1. The smallest absolute Gasteiger partial charge is 0.238 e.